The van der Waals surface area contributed by atoms with Crippen molar-refractivity contribution in [2.45, 2.75) is 45.2 Å². The molecule has 0 saturated heterocycles. The normalized spacial score (nSPS) is 37.0. The molecule has 3 fully saturated rings. The molecule has 1 aromatic rings. The first-order chi connectivity index (χ1) is 9.86. The fourth-order valence-electron chi connectivity index (χ4n) is 4.80. The zero-order valence-electron chi connectivity index (χ0n) is 12.3. The minimum Gasteiger partial charge on any atom is -0.494 e. The van der Waals surface area contributed by atoms with Crippen molar-refractivity contribution in [3.05, 3.63) is 29.8 Å². The molecular weight excluding hydrogens is 246 g/mol. The van der Waals surface area contributed by atoms with Crippen LogP contribution in [-0.2, 0) is 6.54 Å². The lowest BCUT2D eigenvalue weighted by Crippen LogP contribution is -2.22. The van der Waals surface area contributed by atoms with Gasteiger partial charge in [-0.2, -0.15) is 0 Å². The Bertz CT molecular complexity index is 470. The molecule has 2 nitrogen and oxygen atoms in total. The second-order valence-corrected chi connectivity index (χ2v) is 6.89. The van der Waals surface area contributed by atoms with Crippen molar-refractivity contribution in [3.8, 4) is 5.75 Å². The van der Waals surface area contributed by atoms with Crippen LogP contribution < -0.4 is 10.1 Å². The predicted molar refractivity (Wildman–Crippen MR) is 80.7 cm³/mol. The van der Waals surface area contributed by atoms with Crippen LogP contribution in [0.25, 0.3) is 0 Å². The van der Waals surface area contributed by atoms with Gasteiger partial charge in [0.05, 0.1) is 6.61 Å². The number of fused-ring (bicyclic) bond motifs is 5. The van der Waals surface area contributed by atoms with E-state index in [4.69, 9.17) is 4.74 Å². The van der Waals surface area contributed by atoms with Gasteiger partial charge in [-0.25, -0.2) is 0 Å². The molecule has 20 heavy (non-hydrogen) atoms. The number of rotatable bonds is 6. The van der Waals surface area contributed by atoms with Crippen molar-refractivity contribution in [1.29, 1.82) is 0 Å². The van der Waals surface area contributed by atoms with Crippen LogP contribution in [0.15, 0.2) is 24.3 Å². The highest BCUT2D eigenvalue weighted by molar-refractivity contribution is 5.29. The van der Waals surface area contributed by atoms with Gasteiger partial charge in [-0.1, -0.05) is 19.1 Å². The van der Waals surface area contributed by atoms with Crippen LogP contribution in [0.5, 0.6) is 5.75 Å². The number of hydrogen-bond donors (Lipinski definition) is 1. The second kappa shape index (κ2) is 5.07. The number of benzene rings is 1. The first-order valence-corrected chi connectivity index (χ1v) is 8.32. The smallest absolute Gasteiger partial charge is 0.119 e. The molecule has 4 atom stereocenters. The van der Waals surface area contributed by atoms with Crippen molar-refractivity contribution < 1.29 is 4.74 Å². The summed E-state index contributed by atoms with van der Waals surface area (Å²) in [6.45, 7) is 3.96. The maximum Gasteiger partial charge on any atom is 0.119 e. The highest BCUT2D eigenvalue weighted by Crippen LogP contribution is 2.65. The molecule has 0 heterocycles. The Balaban J connectivity index is 1.32. The van der Waals surface area contributed by atoms with E-state index in [0.29, 0.717) is 0 Å². The van der Waals surface area contributed by atoms with Gasteiger partial charge in [0.25, 0.3) is 0 Å². The van der Waals surface area contributed by atoms with Gasteiger partial charge in [-0.15, -0.1) is 0 Å². The fraction of sp³-hybridized carbons (Fsp3) is 0.667. The van der Waals surface area contributed by atoms with Gasteiger partial charge in [0.1, 0.15) is 5.75 Å². The van der Waals surface area contributed by atoms with Crippen LogP contribution in [0.4, 0.5) is 0 Å². The number of nitrogens with one attached hydrogen (secondary N) is 1. The Morgan fingerprint density at radius 1 is 1.20 bits per heavy atom. The fourth-order valence-corrected chi connectivity index (χ4v) is 4.80. The third kappa shape index (κ3) is 2.14. The van der Waals surface area contributed by atoms with Gasteiger partial charge in [0.2, 0.25) is 0 Å². The van der Waals surface area contributed by atoms with Gasteiger partial charge in [-0.05, 0) is 67.1 Å². The molecule has 0 aromatic heterocycles. The monoisotopic (exact) mass is 271 g/mol. The van der Waals surface area contributed by atoms with E-state index in [1.165, 1.54) is 24.8 Å². The van der Waals surface area contributed by atoms with Crippen LogP contribution >= 0.6 is 0 Å². The molecule has 0 amide bonds. The molecule has 4 rings (SSSR count). The lowest BCUT2D eigenvalue weighted by molar-refractivity contribution is 0.317. The first-order valence-electron chi connectivity index (χ1n) is 8.32. The van der Waals surface area contributed by atoms with Crippen molar-refractivity contribution in [3.63, 3.8) is 0 Å². The average Bonchev–Trinajstić information content (AvgIpc) is 2.86. The lowest BCUT2D eigenvalue weighted by Gasteiger charge is -2.11. The Labute approximate surface area is 121 Å². The van der Waals surface area contributed by atoms with Gasteiger partial charge in [-0.3, -0.25) is 0 Å². The predicted octanol–water partition coefficient (Wildman–Crippen LogP) is 3.61. The summed E-state index contributed by atoms with van der Waals surface area (Å²) in [5.74, 6) is 5.17. The Hall–Kier alpha value is -1.02. The van der Waals surface area contributed by atoms with Crippen LogP contribution in [0.2, 0.25) is 0 Å². The van der Waals surface area contributed by atoms with Crippen molar-refractivity contribution in [1.82, 2.24) is 5.32 Å². The van der Waals surface area contributed by atoms with Crippen molar-refractivity contribution >= 4 is 0 Å². The minimum atomic E-state index is 0.813. The summed E-state index contributed by atoms with van der Waals surface area (Å²) in [6, 6.07) is 9.39. The maximum atomic E-state index is 5.71. The SMILES string of the molecule is CCCOc1cccc(CNC2C3C4CCC(C4)C23)c1. The highest BCUT2D eigenvalue weighted by atomic mass is 16.5. The van der Waals surface area contributed by atoms with Crippen LogP contribution in [0.1, 0.15) is 38.2 Å². The highest BCUT2D eigenvalue weighted by Gasteiger charge is 2.64. The van der Waals surface area contributed by atoms with Crippen LogP contribution in [0, 0.1) is 23.7 Å². The quantitative estimate of drug-likeness (QED) is 0.853. The summed E-state index contributed by atoms with van der Waals surface area (Å²) in [5.41, 5.74) is 1.36. The standard InChI is InChI=1S/C18H25NO/c1-2-8-20-15-5-3-4-12(9-15)11-19-18-16-13-6-7-14(10-13)17(16)18/h3-5,9,13-14,16-19H,2,6-8,10-11H2,1H3. The van der Waals surface area contributed by atoms with E-state index in [1.54, 1.807) is 0 Å². The molecule has 3 saturated carbocycles. The van der Waals surface area contributed by atoms with E-state index in [0.717, 1.165) is 55.0 Å². The largest absolute Gasteiger partial charge is 0.494 e. The molecule has 1 aromatic carbocycles. The summed E-state index contributed by atoms with van der Waals surface area (Å²) in [4.78, 5) is 0. The van der Waals surface area contributed by atoms with Gasteiger partial charge < -0.3 is 10.1 Å². The topological polar surface area (TPSA) is 21.3 Å². The van der Waals surface area contributed by atoms with Crippen LogP contribution in [0.3, 0.4) is 0 Å². The molecule has 1 N–H and O–H groups in total. The first kappa shape index (κ1) is 12.7. The summed E-state index contributed by atoms with van der Waals surface area (Å²) in [7, 11) is 0. The summed E-state index contributed by atoms with van der Waals surface area (Å²) in [6.07, 6.45) is 5.61. The van der Waals surface area contributed by atoms with Gasteiger partial charge in [0.15, 0.2) is 0 Å². The van der Waals surface area contributed by atoms with E-state index in [-0.39, 0.29) is 0 Å². The van der Waals surface area contributed by atoms with E-state index >= 15 is 0 Å². The third-order valence-electron chi connectivity index (χ3n) is 5.65. The number of ether oxygens (including phenoxy) is 1. The van der Waals surface area contributed by atoms with Gasteiger partial charge >= 0.3 is 0 Å². The molecule has 2 heteroatoms. The van der Waals surface area contributed by atoms with E-state index in [2.05, 4.69) is 36.5 Å². The second-order valence-electron chi connectivity index (χ2n) is 6.89. The van der Waals surface area contributed by atoms with E-state index < -0.39 is 0 Å². The van der Waals surface area contributed by atoms with Crippen LogP contribution in [-0.4, -0.2) is 12.6 Å². The summed E-state index contributed by atoms with van der Waals surface area (Å²) >= 11 is 0. The average molecular weight is 271 g/mol. The third-order valence-corrected chi connectivity index (χ3v) is 5.65. The zero-order valence-corrected chi connectivity index (χ0v) is 12.3. The molecule has 0 spiro atoms. The molecule has 3 aliphatic rings. The van der Waals surface area contributed by atoms with Crippen molar-refractivity contribution in [2.75, 3.05) is 6.61 Å². The number of hydrogen-bond acceptors (Lipinski definition) is 2. The Kier molecular flexibility index (Phi) is 3.22. The minimum absolute atomic E-state index is 0.813. The molecule has 0 aliphatic heterocycles. The summed E-state index contributed by atoms with van der Waals surface area (Å²) in [5, 5.41) is 3.80. The maximum absolute atomic E-state index is 5.71. The molecule has 2 bridgehead atoms. The molecular formula is C18H25NO. The van der Waals surface area contributed by atoms with E-state index in [1.807, 2.05) is 0 Å². The molecule has 0 radical (unpaired) electrons. The van der Waals surface area contributed by atoms with E-state index in [9.17, 15) is 0 Å². The Morgan fingerprint density at radius 2 is 2.00 bits per heavy atom. The summed E-state index contributed by atoms with van der Waals surface area (Å²) < 4.78 is 5.71. The molecule has 108 valence electrons. The van der Waals surface area contributed by atoms with Crippen molar-refractivity contribution in [2.24, 2.45) is 23.7 Å². The molecule has 4 unspecified atom stereocenters. The van der Waals surface area contributed by atoms with Gasteiger partial charge in [0, 0.05) is 12.6 Å². The Morgan fingerprint density at radius 3 is 2.75 bits per heavy atom. The zero-order chi connectivity index (χ0) is 13.5. The lowest BCUT2D eigenvalue weighted by atomic mass is 10.0. The molecule has 3 aliphatic carbocycles.